The lowest BCUT2D eigenvalue weighted by Crippen LogP contribution is -2.17. The van der Waals surface area contributed by atoms with Crippen molar-refractivity contribution in [2.45, 2.75) is 25.5 Å². The van der Waals surface area contributed by atoms with Crippen LogP contribution in [0.1, 0.15) is 25.1 Å². The number of furan rings is 1. The number of benzene rings is 1. The van der Waals surface area contributed by atoms with Crippen LogP contribution in [0.5, 0.6) is 0 Å². The summed E-state index contributed by atoms with van der Waals surface area (Å²) in [5, 5.41) is 0.737. The minimum absolute atomic E-state index is 0.0445. The Morgan fingerprint density at radius 2 is 2.24 bits per heavy atom. The number of rotatable bonds is 4. The Bertz CT molecular complexity index is 509. The van der Waals surface area contributed by atoms with Crippen LogP contribution in [0.4, 0.5) is 4.39 Å². The fourth-order valence-corrected chi connectivity index (χ4v) is 1.80. The molecular weight excluding hydrogens is 221 g/mol. The second kappa shape index (κ2) is 4.85. The first-order chi connectivity index (χ1) is 8.11. The molecule has 1 aromatic carbocycles. The quantitative estimate of drug-likeness (QED) is 0.889. The lowest BCUT2D eigenvalue weighted by Gasteiger charge is -2.13. The highest BCUT2D eigenvalue weighted by atomic mass is 19.1. The van der Waals surface area contributed by atoms with E-state index in [1.165, 1.54) is 6.07 Å². The number of fused-ring (bicyclic) bond motifs is 1. The van der Waals surface area contributed by atoms with E-state index in [9.17, 15) is 4.39 Å². The molecule has 17 heavy (non-hydrogen) atoms. The molecule has 1 heterocycles. The normalized spacial score (nSPS) is 15.1. The van der Waals surface area contributed by atoms with Gasteiger partial charge in [0.1, 0.15) is 5.76 Å². The predicted molar refractivity (Wildman–Crippen MR) is 64.2 cm³/mol. The maximum atomic E-state index is 13.4. The Hall–Kier alpha value is -1.39. The number of para-hydroxylation sites is 1. The van der Waals surface area contributed by atoms with Crippen molar-refractivity contribution in [2.75, 3.05) is 7.11 Å². The van der Waals surface area contributed by atoms with Crippen LogP contribution in [0, 0.1) is 5.82 Å². The summed E-state index contributed by atoms with van der Waals surface area (Å²) in [5.74, 6) is 0.231. The second-order valence-corrected chi connectivity index (χ2v) is 4.20. The molecule has 2 atom stereocenters. The van der Waals surface area contributed by atoms with Gasteiger partial charge in [0.05, 0.1) is 12.1 Å². The third-order valence-corrected chi connectivity index (χ3v) is 2.87. The molecule has 0 spiro atoms. The Morgan fingerprint density at radius 1 is 1.47 bits per heavy atom. The third kappa shape index (κ3) is 2.48. The summed E-state index contributed by atoms with van der Waals surface area (Å²) >= 11 is 0. The van der Waals surface area contributed by atoms with E-state index in [0.29, 0.717) is 12.2 Å². The van der Waals surface area contributed by atoms with Crippen molar-refractivity contribution in [2.24, 2.45) is 5.73 Å². The van der Waals surface area contributed by atoms with Crippen molar-refractivity contribution in [3.63, 3.8) is 0 Å². The van der Waals surface area contributed by atoms with Crippen molar-refractivity contribution < 1.29 is 13.5 Å². The summed E-state index contributed by atoms with van der Waals surface area (Å²) in [5.41, 5.74) is 6.26. The maximum Gasteiger partial charge on any atom is 0.169 e. The summed E-state index contributed by atoms with van der Waals surface area (Å²) in [7, 11) is 1.63. The van der Waals surface area contributed by atoms with Crippen LogP contribution < -0.4 is 5.73 Å². The van der Waals surface area contributed by atoms with E-state index in [1.54, 1.807) is 25.3 Å². The van der Waals surface area contributed by atoms with Crippen LogP contribution in [0.2, 0.25) is 0 Å². The topological polar surface area (TPSA) is 48.4 Å². The highest BCUT2D eigenvalue weighted by Gasteiger charge is 2.16. The van der Waals surface area contributed by atoms with Crippen LogP contribution >= 0.6 is 0 Å². The number of hydrogen-bond acceptors (Lipinski definition) is 3. The van der Waals surface area contributed by atoms with Crippen LogP contribution in [0.3, 0.4) is 0 Å². The van der Waals surface area contributed by atoms with Gasteiger partial charge in [-0.05, 0) is 25.5 Å². The largest absolute Gasteiger partial charge is 0.456 e. The predicted octanol–water partition coefficient (Wildman–Crippen LogP) is 3.00. The van der Waals surface area contributed by atoms with Gasteiger partial charge in [0.25, 0.3) is 0 Å². The molecule has 0 aliphatic rings. The molecule has 0 aliphatic carbocycles. The Balaban J connectivity index is 2.27. The monoisotopic (exact) mass is 237 g/mol. The lowest BCUT2D eigenvalue weighted by molar-refractivity contribution is 0.102. The van der Waals surface area contributed by atoms with E-state index in [2.05, 4.69) is 0 Å². The van der Waals surface area contributed by atoms with E-state index in [1.807, 2.05) is 6.92 Å². The molecule has 0 radical (unpaired) electrons. The number of methoxy groups -OCH3 is 1. The van der Waals surface area contributed by atoms with Gasteiger partial charge < -0.3 is 14.9 Å². The van der Waals surface area contributed by atoms with Crippen molar-refractivity contribution >= 4 is 11.0 Å². The number of halogens is 1. The van der Waals surface area contributed by atoms with Crippen LogP contribution in [-0.4, -0.2) is 13.2 Å². The molecule has 1 aromatic heterocycles. The fraction of sp³-hybridized carbons (Fsp3) is 0.385. The molecule has 2 unspecified atom stereocenters. The van der Waals surface area contributed by atoms with Gasteiger partial charge in [-0.2, -0.15) is 0 Å². The lowest BCUT2D eigenvalue weighted by atomic mass is 10.1. The van der Waals surface area contributed by atoms with E-state index in [-0.39, 0.29) is 23.5 Å². The molecule has 0 amide bonds. The van der Waals surface area contributed by atoms with Gasteiger partial charge in [0.15, 0.2) is 11.4 Å². The maximum absolute atomic E-state index is 13.4. The summed E-state index contributed by atoms with van der Waals surface area (Å²) in [6.45, 7) is 1.93. The molecule has 2 N–H and O–H groups in total. The van der Waals surface area contributed by atoms with Gasteiger partial charge in [0.2, 0.25) is 0 Å². The fourth-order valence-electron chi connectivity index (χ4n) is 1.80. The number of nitrogens with two attached hydrogens (primary N) is 1. The van der Waals surface area contributed by atoms with E-state index in [0.717, 1.165) is 5.39 Å². The molecule has 0 saturated heterocycles. The summed E-state index contributed by atoms with van der Waals surface area (Å²) in [4.78, 5) is 0. The smallest absolute Gasteiger partial charge is 0.169 e. The third-order valence-electron chi connectivity index (χ3n) is 2.87. The molecule has 0 aliphatic heterocycles. The van der Waals surface area contributed by atoms with Gasteiger partial charge in [-0.15, -0.1) is 0 Å². The van der Waals surface area contributed by atoms with E-state index < -0.39 is 0 Å². The molecule has 4 heteroatoms. The standard InChI is InChI=1S/C13H16FNO2/c1-8(16-2)6-11(15)12-7-9-4-3-5-10(14)13(9)17-12/h3-5,7-8,11H,6,15H2,1-2H3. The number of hydrogen-bond donors (Lipinski definition) is 1. The Morgan fingerprint density at radius 3 is 2.88 bits per heavy atom. The van der Waals surface area contributed by atoms with Crippen molar-refractivity contribution in [3.8, 4) is 0 Å². The van der Waals surface area contributed by atoms with E-state index in [4.69, 9.17) is 14.9 Å². The van der Waals surface area contributed by atoms with Crippen molar-refractivity contribution in [1.82, 2.24) is 0 Å². The van der Waals surface area contributed by atoms with Gasteiger partial charge in [-0.3, -0.25) is 0 Å². The van der Waals surface area contributed by atoms with Crippen LogP contribution in [0.25, 0.3) is 11.0 Å². The minimum Gasteiger partial charge on any atom is -0.456 e. The van der Waals surface area contributed by atoms with E-state index >= 15 is 0 Å². The van der Waals surface area contributed by atoms with Gasteiger partial charge in [-0.1, -0.05) is 12.1 Å². The molecule has 3 nitrogen and oxygen atoms in total. The zero-order valence-corrected chi connectivity index (χ0v) is 9.94. The van der Waals surface area contributed by atoms with Gasteiger partial charge in [-0.25, -0.2) is 4.39 Å². The highest BCUT2D eigenvalue weighted by Crippen LogP contribution is 2.27. The minimum atomic E-state index is -0.360. The first kappa shape index (κ1) is 12.1. The summed E-state index contributed by atoms with van der Waals surface area (Å²) in [6, 6.07) is 6.33. The molecule has 2 rings (SSSR count). The van der Waals surface area contributed by atoms with Crippen molar-refractivity contribution in [3.05, 3.63) is 35.8 Å². The van der Waals surface area contributed by atoms with Crippen LogP contribution in [0.15, 0.2) is 28.7 Å². The molecule has 0 saturated carbocycles. The van der Waals surface area contributed by atoms with Gasteiger partial charge in [0, 0.05) is 12.5 Å². The molecule has 92 valence electrons. The Labute approximate surface area is 99.4 Å². The highest BCUT2D eigenvalue weighted by molar-refractivity contribution is 5.78. The van der Waals surface area contributed by atoms with Crippen LogP contribution in [-0.2, 0) is 4.74 Å². The van der Waals surface area contributed by atoms with Gasteiger partial charge >= 0.3 is 0 Å². The SMILES string of the molecule is COC(C)CC(N)c1cc2cccc(F)c2o1. The summed E-state index contributed by atoms with van der Waals surface area (Å²) in [6.07, 6.45) is 0.681. The second-order valence-electron chi connectivity index (χ2n) is 4.20. The average molecular weight is 237 g/mol. The van der Waals surface area contributed by atoms with Crippen molar-refractivity contribution in [1.29, 1.82) is 0 Å². The molecule has 0 bridgehead atoms. The average Bonchev–Trinajstić information content (AvgIpc) is 2.74. The Kier molecular flexibility index (Phi) is 3.45. The molecule has 2 aromatic rings. The first-order valence-corrected chi connectivity index (χ1v) is 5.58. The first-order valence-electron chi connectivity index (χ1n) is 5.58. The molecular formula is C13H16FNO2. The molecule has 0 fully saturated rings. The summed E-state index contributed by atoms with van der Waals surface area (Å²) < 4.78 is 24.0. The number of ether oxygens (including phenoxy) is 1. The zero-order valence-electron chi connectivity index (χ0n) is 9.94. The zero-order chi connectivity index (χ0) is 12.4.